The molecule has 4 nitrogen and oxygen atoms in total. The molecule has 2 atom stereocenters. The van der Waals surface area contributed by atoms with E-state index in [1.165, 1.54) is 35.6 Å². The Morgan fingerprint density at radius 1 is 1.04 bits per heavy atom. The zero-order chi connectivity index (χ0) is 17.1. The third kappa shape index (κ3) is 2.42. The Morgan fingerprint density at radius 3 is 2.33 bits per heavy atom. The molecule has 4 rings (SSSR count). The first-order valence-corrected chi connectivity index (χ1v) is 9.51. The molecule has 1 aromatic heterocycles. The lowest BCUT2D eigenvalue weighted by molar-refractivity contribution is 0.105. The highest BCUT2D eigenvalue weighted by Gasteiger charge is 2.70. The lowest BCUT2D eigenvalue weighted by Crippen LogP contribution is -2.11. The van der Waals surface area contributed by atoms with E-state index in [0.29, 0.717) is 16.1 Å². The van der Waals surface area contributed by atoms with Gasteiger partial charge in [0.15, 0.2) is 0 Å². The molecule has 124 valence electrons. The van der Waals surface area contributed by atoms with Crippen molar-refractivity contribution in [2.75, 3.05) is 0 Å². The number of thiazole rings is 1. The lowest BCUT2D eigenvalue weighted by Gasteiger charge is -2.01. The summed E-state index contributed by atoms with van der Waals surface area (Å²) in [7, 11) is -3.83. The summed E-state index contributed by atoms with van der Waals surface area (Å²) in [6, 6.07) is 12.6. The maximum absolute atomic E-state index is 14.3. The molecular weight excluding hydrogens is 354 g/mol. The maximum Gasteiger partial charge on any atom is 0.265 e. The first-order valence-electron chi connectivity index (χ1n) is 7.14. The van der Waals surface area contributed by atoms with Gasteiger partial charge in [-0.05, 0) is 29.8 Å². The smallest absolute Gasteiger partial charge is 0.241 e. The first kappa shape index (κ1) is 15.6. The van der Waals surface area contributed by atoms with E-state index in [9.17, 15) is 17.2 Å². The molecule has 1 aliphatic carbocycles. The predicted octanol–water partition coefficient (Wildman–Crippen LogP) is 3.46. The van der Waals surface area contributed by atoms with E-state index < -0.39 is 27.8 Å². The fraction of sp³-hybridized carbons (Fsp3) is 0.188. The molecule has 1 heterocycles. The number of alkyl halides is 2. The number of halogens is 2. The molecule has 0 aliphatic heterocycles. The number of para-hydroxylation sites is 1. The molecular formula is C16H12F2N2O2S2. The van der Waals surface area contributed by atoms with Crippen LogP contribution in [0.2, 0.25) is 0 Å². The molecule has 0 radical (unpaired) electrons. The van der Waals surface area contributed by atoms with Gasteiger partial charge >= 0.3 is 0 Å². The van der Waals surface area contributed by atoms with Gasteiger partial charge < -0.3 is 0 Å². The van der Waals surface area contributed by atoms with Crippen LogP contribution in [-0.4, -0.2) is 19.3 Å². The summed E-state index contributed by atoms with van der Waals surface area (Å²) in [5.41, 5.74) is 1.10. The second-order valence-electron chi connectivity index (χ2n) is 5.76. The Morgan fingerprint density at radius 2 is 1.71 bits per heavy atom. The Bertz CT molecular complexity index is 997. The van der Waals surface area contributed by atoms with Crippen molar-refractivity contribution in [2.45, 2.75) is 22.7 Å². The average Bonchev–Trinajstić information content (AvgIpc) is 2.90. The Kier molecular flexibility index (Phi) is 3.28. The van der Waals surface area contributed by atoms with Gasteiger partial charge in [0.05, 0.1) is 26.9 Å². The number of benzene rings is 2. The minimum Gasteiger partial charge on any atom is -0.241 e. The highest BCUT2D eigenvalue weighted by molar-refractivity contribution is 7.89. The van der Waals surface area contributed by atoms with Gasteiger partial charge in [-0.2, -0.15) is 0 Å². The van der Waals surface area contributed by atoms with E-state index in [1.807, 2.05) is 18.2 Å². The molecule has 0 unspecified atom stereocenters. The Balaban J connectivity index is 1.69. The molecule has 0 bridgehead atoms. The second kappa shape index (κ2) is 5.05. The summed E-state index contributed by atoms with van der Waals surface area (Å²) in [5, 5.41) is 5.43. The van der Waals surface area contributed by atoms with Gasteiger partial charge in [-0.15, -0.1) is 11.3 Å². The fourth-order valence-corrected chi connectivity index (χ4v) is 4.61. The van der Waals surface area contributed by atoms with E-state index in [0.717, 1.165) is 4.70 Å². The highest BCUT2D eigenvalue weighted by Crippen LogP contribution is 2.67. The third-order valence-electron chi connectivity index (χ3n) is 4.20. The lowest BCUT2D eigenvalue weighted by atomic mass is 10.1. The average molecular weight is 366 g/mol. The van der Waals surface area contributed by atoms with Gasteiger partial charge in [-0.25, -0.2) is 27.3 Å². The predicted molar refractivity (Wildman–Crippen MR) is 87.9 cm³/mol. The summed E-state index contributed by atoms with van der Waals surface area (Å²) in [6.07, 6.45) is 0. The number of fused-ring (bicyclic) bond motifs is 1. The number of primary sulfonamides is 1. The minimum atomic E-state index is -3.83. The van der Waals surface area contributed by atoms with Gasteiger partial charge in [0, 0.05) is 0 Å². The van der Waals surface area contributed by atoms with Crippen molar-refractivity contribution in [3.05, 3.63) is 59.1 Å². The minimum absolute atomic E-state index is 0.0910. The van der Waals surface area contributed by atoms with Crippen LogP contribution in [0, 0.1) is 0 Å². The molecule has 8 heteroatoms. The summed E-state index contributed by atoms with van der Waals surface area (Å²) >= 11 is 1.27. The van der Waals surface area contributed by atoms with E-state index in [2.05, 4.69) is 4.98 Å². The zero-order valence-electron chi connectivity index (χ0n) is 12.2. The van der Waals surface area contributed by atoms with Crippen molar-refractivity contribution >= 4 is 31.6 Å². The number of sulfonamides is 1. The van der Waals surface area contributed by atoms with Crippen LogP contribution in [0.15, 0.2) is 53.4 Å². The van der Waals surface area contributed by atoms with Crippen molar-refractivity contribution in [1.29, 1.82) is 0 Å². The standard InChI is InChI=1S/C16H12F2N2O2S2/c17-16(18)13(9-5-7-10(8-6-9)24(19,21)22)14(16)15-20-11-3-1-2-4-12(11)23-15/h1-8,13-14H,(H2,19,21,22)/t13-,14+/m1/s1. The number of nitrogens with zero attached hydrogens (tertiary/aromatic N) is 1. The van der Waals surface area contributed by atoms with Crippen LogP contribution in [0.3, 0.4) is 0 Å². The van der Waals surface area contributed by atoms with Gasteiger partial charge in [-0.1, -0.05) is 24.3 Å². The number of nitrogens with two attached hydrogens (primary N) is 1. The van der Waals surface area contributed by atoms with Crippen LogP contribution in [0.4, 0.5) is 8.78 Å². The van der Waals surface area contributed by atoms with Crippen LogP contribution >= 0.6 is 11.3 Å². The number of hydrogen-bond donors (Lipinski definition) is 1. The number of hydrogen-bond acceptors (Lipinski definition) is 4. The third-order valence-corrected chi connectivity index (χ3v) is 6.25. The van der Waals surface area contributed by atoms with Gasteiger partial charge in [-0.3, -0.25) is 0 Å². The largest absolute Gasteiger partial charge is 0.265 e. The van der Waals surface area contributed by atoms with E-state index in [-0.39, 0.29) is 4.90 Å². The molecule has 24 heavy (non-hydrogen) atoms. The molecule has 1 fully saturated rings. The maximum atomic E-state index is 14.3. The Hall–Kier alpha value is -1.90. The SMILES string of the molecule is NS(=O)(=O)c1ccc([C@@H]2[C@@H](c3nc4ccccc4s3)C2(F)F)cc1. The molecule has 2 aromatic carbocycles. The molecule has 2 N–H and O–H groups in total. The van der Waals surface area contributed by atoms with Gasteiger partial charge in [0.2, 0.25) is 10.0 Å². The van der Waals surface area contributed by atoms with E-state index in [4.69, 9.17) is 5.14 Å². The molecule has 1 saturated carbocycles. The van der Waals surface area contributed by atoms with E-state index >= 15 is 0 Å². The summed E-state index contributed by atoms with van der Waals surface area (Å²) in [5.74, 6) is -4.86. The van der Waals surface area contributed by atoms with Crippen LogP contribution in [0.1, 0.15) is 22.4 Å². The summed E-state index contributed by atoms with van der Waals surface area (Å²) in [6.45, 7) is 0. The fourth-order valence-electron chi connectivity index (χ4n) is 2.94. The monoisotopic (exact) mass is 366 g/mol. The normalized spacial score (nSPS) is 22.6. The molecule has 0 amide bonds. The van der Waals surface area contributed by atoms with Crippen molar-refractivity contribution in [2.24, 2.45) is 5.14 Å². The first-order chi connectivity index (χ1) is 11.3. The van der Waals surface area contributed by atoms with Gasteiger partial charge in [0.1, 0.15) is 5.01 Å². The van der Waals surface area contributed by atoms with Crippen molar-refractivity contribution in [3.8, 4) is 0 Å². The molecule has 0 spiro atoms. The van der Waals surface area contributed by atoms with Crippen molar-refractivity contribution in [3.63, 3.8) is 0 Å². The Labute approximate surface area is 141 Å². The van der Waals surface area contributed by atoms with Crippen LogP contribution in [-0.2, 0) is 10.0 Å². The zero-order valence-corrected chi connectivity index (χ0v) is 13.8. The molecule has 0 saturated heterocycles. The van der Waals surface area contributed by atoms with Gasteiger partial charge in [0.25, 0.3) is 5.92 Å². The molecule has 1 aliphatic rings. The number of aromatic nitrogens is 1. The molecule has 3 aromatic rings. The highest BCUT2D eigenvalue weighted by atomic mass is 32.2. The summed E-state index contributed by atoms with van der Waals surface area (Å²) in [4.78, 5) is 4.23. The van der Waals surface area contributed by atoms with Crippen LogP contribution in [0.5, 0.6) is 0 Å². The quantitative estimate of drug-likeness (QED) is 0.771. The van der Waals surface area contributed by atoms with Crippen LogP contribution < -0.4 is 5.14 Å². The topological polar surface area (TPSA) is 73.1 Å². The van der Waals surface area contributed by atoms with Crippen LogP contribution in [0.25, 0.3) is 10.2 Å². The second-order valence-corrected chi connectivity index (χ2v) is 8.39. The van der Waals surface area contributed by atoms with Crippen molar-refractivity contribution < 1.29 is 17.2 Å². The van der Waals surface area contributed by atoms with Crippen molar-refractivity contribution in [1.82, 2.24) is 4.98 Å². The van der Waals surface area contributed by atoms with E-state index in [1.54, 1.807) is 6.07 Å². The summed E-state index contributed by atoms with van der Waals surface area (Å²) < 4.78 is 52.0. The number of rotatable bonds is 3.